The lowest BCUT2D eigenvalue weighted by Gasteiger charge is -2.23. The molecule has 1 aliphatic heterocycles. The van der Waals surface area contributed by atoms with Gasteiger partial charge in [0.2, 0.25) is 10.0 Å². The molecule has 0 spiro atoms. The number of quaternary nitrogens is 1. The number of ether oxygens (including phenoxy) is 1. The van der Waals surface area contributed by atoms with Crippen LogP contribution in [0.15, 0.2) is 4.90 Å². The molecule has 2 N–H and O–H groups in total. The van der Waals surface area contributed by atoms with Gasteiger partial charge in [0.1, 0.15) is 13.1 Å². The molecule has 136 valence electrons. The predicted octanol–water partition coefficient (Wildman–Crippen LogP) is 0.812. The van der Waals surface area contributed by atoms with E-state index in [-0.39, 0.29) is 0 Å². The summed E-state index contributed by atoms with van der Waals surface area (Å²) in [5.41, 5.74) is 5.04. The molecule has 0 aromatic heterocycles. The highest BCUT2D eigenvalue weighted by molar-refractivity contribution is 7.89. The first-order valence-corrected chi connectivity index (χ1v) is 10.2. The maximum atomic E-state index is 12.8. The van der Waals surface area contributed by atoms with Crippen LogP contribution in [0.5, 0.6) is 0 Å². The van der Waals surface area contributed by atoms with E-state index in [1.165, 1.54) is 10.5 Å². The smallest absolute Gasteiger partial charge is 0.241 e. The normalized spacial score (nSPS) is 16.5. The minimum atomic E-state index is -3.47. The molecule has 24 heavy (non-hydrogen) atoms. The fourth-order valence-corrected chi connectivity index (χ4v) is 5.07. The lowest BCUT2D eigenvalue weighted by molar-refractivity contribution is -0.908. The number of benzene rings is 1. The summed E-state index contributed by atoms with van der Waals surface area (Å²) in [6, 6.07) is 0. The van der Waals surface area contributed by atoms with E-state index in [1.54, 1.807) is 0 Å². The molecule has 0 radical (unpaired) electrons. The molecule has 1 fully saturated rings. The van der Waals surface area contributed by atoms with Crippen molar-refractivity contribution in [1.29, 1.82) is 0 Å². The molecule has 0 unspecified atom stereocenters. The van der Waals surface area contributed by atoms with Gasteiger partial charge in [-0.2, -0.15) is 0 Å². The third kappa shape index (κ3) is 4.17. The van der Waals surface area contributed by atoms with Crippen LogP contribution in [0.1, 0.15) is 34.2 Å². The number of morpholine rings is 1. The van der Waals surface area contributed by atoms with Crippen LogP contribution in [0.2, 0.25) is 0 Å². The minimum absolute atomic E-state index is 0.460. The lowest BCUT2D eigenvalue weighted by Crippen LogP contribution is -3.14. The standard InChI is InChI=1S/C18H30N2O3S/c1-13-14(2)16(4)18(17(5)15(13)3)24(21,22)19-7-6-8-20-9-11-23-12-10-20/h19H,6-12H2,1-5H3/p+1. The molecule has 0 amide bonds. The molecule has 1 aromatic carbocycles. The van der Waals surface area contributed by atoms with Crippen LogP contribution in [-0.2, 0) is 14.8 Å². The van der Waals surface area contributed by atoms with Gasteiger partial charge in [0, 0.05) is 13.0 Å². The molecule has 0 bridgehead atoms. The van der Waals surface area contributed by atoms with Gasteiger partial charge in [0.15, 0.2) is 0 Å². The largest absolute Gasteiger partial charge is 0.370 e. The number of rotatable bonds is 6. The number of hydrogen-bond donors (Lipinski definition) is 2. The molecule has 1 aliphatic rings. The first-order valence-electron chi connectivity index (χ1n) is 8.73. The zero-order chi connectivity index (χ0) is 17.9. The first kappa shape index (κ1) is 19.4. The van der Waals surface area contributed by atoms with Crippen molar-refractivity contribution in [2.75, 3.05) is 39.4 Å². The van der Waals surface area contributed by atoms with Crippen LogP contribution < -0.4 is 9.62 Å². The summed E-state index contributed by atoms with van der Waals surface area (Å²) >= 11 is 0. The van der Waals surface area contributed by atoms with Gasteiger partial charge < -0.3 is 9.64 Å². The van der Waals surface area contributed by atoms with E-state index in [4.69, 9.17) is 4.74 Å². The van der Waals surface area contributed by atoms with Crippen LogP contribution in [0.25, 0.3) is 0 Å². The second-order valence-electron chi connectivity index (χ2n) is 6.82. The van der Waals surface area contributed by atoms with Crippen molar-refractivity contribution in [2.45, 2.75) is 45.9 Å². The van der Waals surface area contributed by atoms with E-state index in [9.17, 15) is 8.42 Å². The Labute approximate surface area is 146 Å². The molecule has 5 nitrogen and oxygen atoms in total. The average Bonchev–Trinajstić information content (AvgIpc) is 2.56. The Balaban J connectivity index is 2.05. The summed E-state index contributed by atoms with van der Waals surface area (Å²) in [5, 5.41) is 0. The molecule has 1 saturated heterocycles. The highest BCUT2D eigenvalue weighted by Crippen LogP contribution is 2.29. The predicted molar refractivity (Wildman–Crippen MR) is 96.3 cm³/mol. The Kier molecular flexibility index (Phi) is 6.42. The fraction of sp³-hybridized carbons (Fsp3) is 0.667. The third-order valence-electron chi connectivity index (χ3n) is 5.40. The molecule has 6 heteroatoms. The Morgan fingerprint density at radius 1 is 0.917 bits per heavy atom. The Hall–Kier alpha value is -0.950. The summed E-state index contributed by atoms with van der Waals surface area (Å²) < 4.78 is 33.7. The molecule has 0 saturated carbocycles. The summed E-state index contributed by atoms with van der Waals surface area (Å²) in [5.74, 6) is 0. The van der Waals surface area contributed by atoms with Gasteiger partial charge in [-0.15, -0.1) is 0 Å². The van der Waals surface area contributed by atoms with E-state index in [2.05, 4.69) is 11.6 Å². The quantitative estimate of drug-likeness (QED) is 0.743. The molecule has 0 aliphatic carbocycles. The zero-order valence-electron chi connectivity index (χ0n) is 15.6. The van der Waals surface area contributed by atoms with Crippen molar-refractivity contribution in [3.05, 3.63) is 27.8 Å². The Morgan fingerprint density at radius 2 is 1.42 bits per heavy atom. The van der Waals surface area contributed by atoms with Crippen molar-refractivity contribution in [3.8, 4) is 0 Å². The van der Waals surface area contributed by atoms with Crippen LogP contribution in [0.3, 0.4) is 0 Å². The lowest BCUT2D eigenvalue weighted by atomic mass is 9.95. The molecule has 1 aromatic rings. The van der Waals surface area contributed by atoms with E-state index in [0.29, 0.717) is 11.4 Å². The third-order valence-corrected chi connectivity index (χ3v) is 7.13. The number of hydrogen-bond acceptors (Lipinski definition) is 3. The van der Waals surface area contributed by atoms with E-state index < -0.39 is 10.0 Å². The van der Waals surface area contributed by atoms with Crippen molar-refractivity contribution in [2.24, 2.45) is 0 Å². The maximum Gasteiger partial charge on any atom is 0.241 e. The summed E-state index contributed by atoms with van der Waals surface area (Å²) in [4.78, 5) is 1.96. The molecular weight excluding hydrogens is 324 g/mol. The van der Waals surface area contributed by atoms with Crippen LogP contribution in [-0.4, -0.2) is 47.8 Å². The molecule has 1 heterocycles. The monoisotopic (exact) mass is 355 g/mol. The van der Waals surface area contributed by atoms with Gasteiger partial charge >= 0.3 is 0 Å². The minimum Gasteiger partial charge on any atom is -0.370 e. The Bertz CT molecular complexity index is 664. The number of nitrogens with one attached hydrogen (secondary N) is 2. The van der Waals surface area contributed by atoms with Crippen molar-refractivity contribution in [3.63, 3.8) is 0 Å². The Morgan fingerprint density at radius 3 is 1.96 bits per heavy atom. The van der Waals surface area contributed by atoms with Gasteiger partial charge in [-0.25, -0.2) is 13.1 Å². The van der Waals surface area contributed by atoms with E-state index >= 15 is 0 Å². The average molecular weight is 356 g/mol. The molecular formula is C18H31N2O3S+. The summed E-state index contributed by atoms with van der Waals surface area (Å²) in [7, 11) is -3.47. The van der Waals surface area contributed by atoms with Crippen LogP contribution in [0, 0.1) is 34.6 Å². The highest BCUT2D eigenvalue weighted by Gasteiger charge is 2.23. The molecule has 0 atom stereocenters. The maximum absolute atomic E-state index is 12.8. The number of sulfonamides is 1. The SMILES string of the molecule is Cc1c(C)c(C)c(S(=O)(=O)NCCC[NH+]2CCOCC2)c(C)c1C. The van der Waals surface area contributed by atoms with Gasteiger partial charge in [0.25, 0.3) is 0 Å². The molecule has 2 rings (SSSR count). The highest BCUT2D eigenvalue weighted by atomic mass is 32.2. The first-order chi connectivity index (χ1) is 11.3. The van der Waals surface area contributed by atoms with Crippen molar-refractivity contribution >= 4 is 10.0 Å². The fourth-order valence-electron chi connectivity index (χ4n) is 3.40. The van der Waals surface area contributed by atoms with Gasteiger partial charge in [-0.3, -0.25) is 0 Å². The zero-order valence-corrected chi connectivity index (χ0v) is 16.4. The topological polar surface area (TPSA) is 59.8 Å². The summed E-state index contributed by atoms with van der Waals surface area (Å²) in [6.07, 6.45) is 0.844. The second kappa shape index (κ2) is 7.95. The van der Waals surface area contributed by atoms with E-state index in [1.807, 2.05) is 27.7 Å². The second-order valence-corrected chi connectivity index (χ2v) is 8.52. The van der Waals surface area contributed by atoms with E-state index in [0.717, 1.165) is 61.5 Å². The van der Waals surface area contributed by atoms with Crippen LogP contribution in [0.4, 0.5) is 0 Å². The van der Waals surface area contributed by atoms with Gasteiger partial charge in [0.05, 0.1) is 24.7 Å². The summed E-state index contributed by atoms with van der Waals surface area (Å²) in [6.45, 7) is 15.0. The van der Waals surface area contributed by atoms with Gasteiger partial charge in [-0.05, 0) is 62.4 Å². The van der Waals surface area contributed by atoms with Crippen molar-refractivity contribution < 1.29 is 18.1 Å². The van der Waals surface area contributed by atoms with Crippen molar-refractivity contribution in [1.82, 2.24) is 4.72 Å². The van der Waals surface area contributed by atoms with Gasteiger partial charge in [-0.1, -0.05) is 0 Å². The van der Waals surface area contributed by atoms with Crippen LogP contribution >= 0.6 is 0 Å².